The molecule has 8 heteroatoms. The van der Waals surface area contributed by atoms with E-state index in [0.29, 0.717) is 10.8 Å². The van der Waals surface area contributed by atoms with Gasteiger partial charge in [0.15, 0.2) is 5.82 Å². The van der Waals surface area contributed by atoms with Crippen molar-refractivity contribution in [3.63, 3.8) is 0 Å². The van der Waals surface area contributed by atoms with Gasteiger partial charge in [0.25, 0.3) is 0 Å². The van der Waals surface area contributed by atoms with Crippen LogP contribution in [0.25, 0.3) is 5.00 Å². The van der Waals surface area contributed by atoms with Crippen molar-refractivity contribution in [2.24, 2.45) is 4.99 Å². The number of aromatic nitrogens is 3. The molecule has 1 radical (unpaired) electrons. The van der Waals surface area contributed by atoms with Crippen LogP contribution in [0.4, 0.5) is 0 Å². The Kier molecular flexibility index (Phi) is 6.11. The third-order valence-electron chi connectivity index (χ3n) is 4.63. The number of aryl methyl sites for hydroxylation is 2. The second kappa shape index (κ2) is 8.04. The minimum Gasteiger partial charge on any atom is -0.542 e. The minimum atomic E-state index is -0.418. The molecule has 0 saturated carbocycles. The van der Waals surface area contributed by atoms with Gasteiger partial charge in [-0.2, -0.15) is 0 Å². The van der Waals surface area contributed by atoms with Crippen molar-refractivity contribution in [1.29, 1.82) is 0 Å². The Labute approximate surface area is 191 Å². The van der Waals surface area contributed by atoms with E-state index in [0.717, 1.165) is 27.7 Å². The van der Waals surface area contributed by atoms with Crippen molar-refractivity contribution in [3.8, 4) is 5.00 Å². The van der Waals surface area contributed by atoms with Gasteiger partial charge in [-0.3, -0.25) is 15.8 Å². The van der Waals surface area contributed by atoms with Crippen molar-refractivity contribution in [2.45, 2.75) is 33.2 Å². The summed E-state index contributed by atoms with van der Waals surface area (Å²) in [6, 6.07) is 7.20. The SMILES string of the molecule is Cc1sc2c(c1C)C(c1ccc(Cl)cc1)=N[C@@H](C[C-]=O)c1nnc(C)n1-2.[Y]. The molecule has 3 aromatic rings. The van der Waals surface area contributed by atoms with E-state index in [9.17, 15) is 4.79 Å². The fourth-order valence-corrected chi connectivity index (χ4v) is 4.55. The molecule has 0 aliphatic carbocycles. The smallest absolute Gasteiger partial charge is 0.160 e. The number of carbonyl (C=O) groups excluding carboxylic acids is 1. The van der Waals surface area contributed by atoms with E-state index in [1.165, 1.54) is 10.4 Å². The Bertz CT molecular complexity index is 1040. The van der Waals surface area contributed by atoms with Gasteiger partial charge in [-0.15, -0.1) is 28.0 Å². The predicted molar refractivity (Wildman–Crippen MR) is 104 cm³/mol. The first-order chi connectivity index (χ1) is 12.5. The summed E-state index contributed by atoms with van der Waals surface area (Å²) in [5, 5.41) is 10.2. The minimum absolute atomic E-state index is 0. The molecule has 2 aromatic heterocycles. The van der Waals surface area contributed by atoms with Crippen LogP contribution >= 0.6 is 22.9 Å². The molecule has 0 amide bonds. The summed E-state index contributed by atoms with van der Waals surface area (Å²) in [7, 11) is 0. The Balaban J connectivity index is 0.00000210. The Morgan fingerprint density at radius 3 is 2.56 bits per heavy atom. The largest absolute Gasteiger partial charge is 0.542 e. The number of hydrogen-bond acceptors (Lipinski definition) is 5. The van der Waals surface area contributed by atoms with Crippen molar-refractivity contribution in [3.05, 3.63) is 62.5 Å². The molecule has 0 spiro atoms. The van der Waals surface area contributed by atoms with Crippen LogP contribution in [0.3, 0.4) is 0 Å². The van der Waals surface area contributed by atoms with E-state index in [2.05, 4.69) is 24.0 Å². The summed E-state index contributed by atoms with van der Waals surface area (Å²) in [6.07, 6.45) is 2.13. The van der Waals surface area contributed by atoms with Gasteiger partial charge in [0.05, 0.1) is 11.8 Å². The van der Waals surface area contributed by atoms with E-state index in [-0.39, 0.29) is 39.1 Å². The van der Waals surface area contributed by atoms with Gasteiger partial charge in [-0.25, -0.2) is 0 Å². The second-order valence-electron chi connectivity index (χ2n) is 6.25. The third kappa shape index (κ3) is 3.49. The third-order valence-corrected chi connectivity index (χ3v) is 6.08. The summed E-state index contributed by atoms with van der Waals surface area (Å²) in [6.45, 7) is 6.12. The first-order valence-electron chi connectivity index (χ1n) is 8.22. The molecule has 135 valence electrons. The van der Waals surface area contributed by atoms with Gasteiger partial charge in [0.1, 0.15) is 10.8 Å². The standard InChI is InChI=1S/C19H16ClN4OS.Y/c1-10-11(2)26-19-16(10)17(13-4-6-14(20)7-5-13)21-15(8-9-25)18-23-22-12(3)24(18)19;/h4-7,15H,8H2,1-3H3;/q-1;/t15-;/m0./s1. The van der Waals surface area contributed by atoms with E-state index in [1.54, 1.807) is 11.3 Å². The number of nitrogens with zero attached hydrogens (tertiary/aromatic N) is 4. The first kappa shape index (κ1) is 20.5. The number of fused-ring (bicyclic) bond motifs is 3. The molecule has 1 aromatic carbocycles. The number of halogens is 1. The van der Waals surface area contributed by atoms with Gasteiger partial charge in [0.2, 0.25) is 0 Å². The number of hydrogen-bond donors (Lipinski definition) is 0. The average Bonchev–Trinajstić information content (AvgIpc) is 3.09. The number of benzene rings is 1. The van der Waals surface area contributed by atoms with Crippen LogP contribution in [0.5, 0.6) is 0 Å². The average molecular weight is 473 g/mol. The summed E-state index contributed by atoms with van der Waals surface area (Å²) >= 11 is 7.75. The van der Waals surface area contributed by atoms with Crippen LogP contribution in [-0.2, 0) is 37.5 Å². The van der Waals surface area contributed by atoms with Gasteiger partial charge in [0, 0.05) is 53.7 Å². The van der Waals surface area contributed by atoms with Gasteiger partial charge in [-0.05, 0) is 38.5 Å². The van der Waals surface area contributed by atoms with Crippen molar-refractivity contribution in [1.82, 2.24) is 14.8 Å². The summed E-state index contributed by atoms with van der Waals surface area (Å²) in [5.41, 5.74) is 4.05. The maximum Gasteiger partial charge on any atom is 0.160 e. The molecule has 4 rings (SSSR count). The van der Waals surface area contributed by atoms with Crippen molar-refractivity contribution in [2.75, 3.05) is 0 Å². The zero-order valence-corrected chi connectivity index (χ0v) is 19.6. The Hall–Kier alpha value is -1.21. The molecule has 0 bridgehead atoms. The zero-order chi connectivity index (χ0) is 18.4. The molecule has 0 N–H and O–H groups in total. The molecule has 1 aliphatic heterocycles. The maximum absolute atomic E-state index is 11.2. The molecule has 3 heterocycles. The first-order valence-corrected chi connectivity index (χ1v) is 9.42. The molecule has 5 nitrogen and oxygen atoms in total. The Morgan fingerprint density at radius 1 is 1.19 bits per heavy atom. The van der Waals surface area contributed by atoms with Gasteiger partial charge >= 0.3 is 0 Å². The van der Waals surface area contributed by atoms with Crippen LogP contribution in [0.2, 0.25) is 5.02 Å². The van der Waals surface area contributed by atoms with E-state index >= 15 is 0 Å². The molecule has 0 unspecified atom stereocenters. The molecule has 0 fully saturated rings. The molecular formula is C19H16ClN4OSY-. The number of rotatable bonds is 3. The quantitative estimate of drug-likeness (QED) is 0.534. The number of aliphatic imine (C=N–C) groups is 1. The van der Waals surface area contributed by atoms with E-state index in [1.807, 2.05) is 42.0 Å². The zero-order valence-electron chi connectivity index (χ0n) is 15.2. The maximum atomic E-state index is 11.2. The fourth-order valence-electron chi connectivity index (χ4n) is 3.21. The molecule has 1 aliphatic rings. The molecule has 1 atom stereocenters. The van der Waals surface area contributed by atoms with Crippen LogP contribution in [0.15, 0.2) is 29.3 Å². The molecular weight excluding hydrogens is 457 g/mol. The van der Waals surface area contributed by atoms with E-state index in [4.69, 9.17) is 16.6 Å². The van der Waals surface area contributed by atoms with Crippen LogP contribution in [0, 0.1) is 20.8 Å². The monoisotopic (exact) mass is 472 g/mol. The topological polar surface area (TPSA) is 60.1 Å². The number of thiophene rings is 1. The summed E-state index contributed by atoms with van der Waals surface area (Å²) in [5.74, 6) is 1.46. The van der Waals surface area contributed by atoms with Crippen molar-refractivity contribution >= 4 is 34.9 Å². The van der Waals surface area contributed by atoms with Crippen LogP contribution in [-0.4, -0.2) is 26.8 Å². The fraction of sp³-hybridized carbons (Fsp3) is 0.263. The molecule has 0 saturated heterocycles. The van der Waals surface area contributed by atoms with Gasteiger partial charge in [-0.1, -0.05) is 23.7 Å². The summed E-state index contributed by atoms with van der Waals surface area (Å²) < 4.78 is 2.02. The van der Waals surface area contributed by atoms with Crippen LogP contribution in [0.1, 0.15) is 45.7 Å². The Morgan fingerprint density at radius 2 is 1.89 bits per heavy atom. The van der Waals surface area contributed by atoms with Crippen LogP contribution < -0.4 is 0 Å². The molecule has 27 heavy (non-hydrogen) atoms. The van der Waals surface area contributed by atoms with Crippen molar-refractivity contribution < 1.29 is 37.5 Å². The normalized spacial score (nSPS) is 15.3. The van der Waals surface area contributed by atoms with E-state index < -0.39 is 6.04 Å². The second-order valence-corrected chi connectivity index (χ2v) is 7.89. The predicted octanol–water partition coefficient (Wildman–Crippen LogP) is 4.30. The summed E-state index contributed by atoms with van der Waals surface area (Å²) in [4.78, 5) is 17.3. The van der Waals surface area contributed by atoms with Gasteiger partial charge < -0.3 is 4.79 Å².